The zero-order valence-corrected chi connectivity index (χ0v) is 13.9. The molecule has 128 valence electrons. The van der Waals surface area contributed by atoms with E-state index in [0.717, 1.165) is 37.3 Å². The first-order valence-electron chi connectivity index (χ1n) is 8.60. The fourth-order valence-corrected chi connectivity index (χ4v) is 3.69. The predicted molar refractivity (Wildman–Crippen MR) is 94.1 cm³/mol. The molecule has 4 heteroatoms. The van der Waals surface area contributed by atoms with Gasteiger partial charge in [-0.15, -0.1) is 0 Å². The van der Waals surface area contributed by atoms with E-state index in [1.165, 1.54) is 17.7 Å². The molecule has 1 atom stereocenters. The Bertz CT molecular complexity index is 857. The third-order valence-electron chi connectivity index (χ3n) is 4.84. The van der Waals surface area contributed by atoms with E-state index < -0.39 is 11.6 Å². The number of fused-ring (bicyclic) bond motifs is 1. The average molecular weight is 338 g/mol. The minimum absolute atomic E-state index is 0.0900. The summed E-state index contributed by atoms with van der Waals surface area (Å²) in [4.78, 5) is 2.35. The van der Waals surface area contributed by atoms with Gasteiger partial charge in [-0.25, -0.2) is 8.78 Å². The highest BCUT2D eigenvalue weighted by Gasteiger charge is 2.28. The van der Waals surface area contributed by atoms with Crippen LogP contribution in [0.4, 0.5) is 8.78 Å². The highest BCUT2D eigenvalue weighted by molar-refractivity contribution is 5.31. The molecule has 0 saturated heterocycles. The van der Waals surface area contributed by atoms with Gasteiger partial charge in [-0.2, -0.15) is 0 Å². The van der Waals surface area contributed by atoms with E-state index in [0.29, 0.717) is 0 Å². The van der Waals surface area contributed by atoms with Gasteiger partial charge in [0.25, 0.3) is 0 Å². The molecule has 0 saturated carbocycles. The van der Waals surface area contributed by atoms with Gasteiger partial charge in [0.2, 0.25) is 0 Å². The lowest BCUT2D eigenvalue weighted by Crippen LogP contribution is -2.29. The lowest BCUT2D eigenvalue weighted by molar-refractivity contribution is 0.220. The topological polar surface area (TPSA) is 8.17 Å². The van der Waals surface area contributed by atoms with Gasteiger partial charge in [0.15, 0.2) is 11.6 Å². The van der Waals surface area contributed by atoms with Gasteiger partial charge in [-0.1, -0.05) is 36.4 Å². The van der Waals surface area contributed by atoms with Crippen molar-refractivity contribution in [3.63, 3.8) is 0 Å². The summed E-state index contributed by atoms with van der Waals surface area (Å²) in [6.45, 7) is 2.61. The minimum atomic E-state index is -0.803. The molecule has 2 nitrogen and oxygen atoms in total. The normalized spacial score (nSPS) is 17.9. The quantitative estimate of drug-likeness (QED) is 0.668. The maximum absolute atomic E-state index is 13.9. The summed E-state index contributed by atoms with van der Waals surface area (Å²) in [6.07, 6.45) is 3.09. The molecule has 0 unspecified atom stereocenters. The van der Waals surface area contributed by atoms with Gasteiger partial charge in [0.05, 0.1) is 6.04 Å². The smallest absolute Gasteiger partial charge is 0.159 e. The van der Waals surface area contributed by atoms with Gasteiger partial charge in [-0.3, -0.25) is 4.90 Å². The zero-order chi connectivity index (χ0) is 17.2. The molecule has 3 aromatic rings. The number of hydrogen-bond donors (Lipinski definition) is 0. The first kappa shape index (κ1) is 16.0. The van der Waals surface area contributed by atoms with Crippen LogP contribution in [0.2, 0.25) is 0 Å². The standard InChI is InChI=1S/C21H20F2N2/c22-18-10-9-17(14-19(18)23)21-20-8-4-11-24(20)12-5-13-25(21)15-16-6-2-1-3-7-16/h1-4,6-11,14,21H,5,12-13,15H2/t21-/m0/s1. The molecular weight excluding hydrogens is 318 g/mol. The molecule has 0 aliphatic carbocycles. The van der Waals surface area contributed by atoms with E-state index in [1.54, 1.807) is 6.07 Å². The Morgan fingerprint density at radius 2 is 1.72 bits per heavy atom. The summed E-state index contributed by atoms with van der Waals surface area (Å²) in [6, 6.07) is 18.5. The lowest BCUT2D eigenvalue weighted by atomic mass is 10.0. The highest BCUT2D eigenvalue weighted by atomic mass is 19.2. The Kier molecular flexibility index (Phi) is 4.36. The Hall–Kier alpha value is -2.46. The van der Waals surface area contributed by atoms with Crippen LogP contribution in [0, 0.1) is 11.6 Å². The second kappa shape index (κ2) is 6.81. The SMILES string of the molecule is Fc1ccc([C@H]2c3cccn3CCCN2Cc2ccccc2)cc1F. The maximum atomic E-state index is 13.9. The lowest BCUT2D eigenvalue weighted by Gasteiger charge is -2.30. The molecule has 0 amide bonds. The molecule has 0 N–H and O–H groups in total. The van der Waals surface area contributed by atoms with E-state index >= 15 is 0 Å². The molecular formula is C21H20F2N2. The van der Waals surface area contributed by atoms with Crippen LogP contribution in [-0.2, 0) is 13.1 Å². The van der Waals surface area contributed by atoms with E-state index in [2.05, 4.69) is 33.9 Å². The molecule has 2 heterocycles. The summed E-state index contributed by atoms with van der Waals surface area (Å²) in [5.41, 5.74) is 3.13. The second-order valence-corrected chi connectivity index (χ2v) is 6.51. The van der Waals surface area contributed by atoms with E-state index in [1.807, 2.05) is 24.3 Å². The monoisotopic (exact) mass is 338 g/mol. The summed E-state index contributed by atoms with van der Waals surface area (Å²) < 4.78 is 29.5. The predicted octanol–water partition coefficient (Wildman–Crippen LogP) is 4.76. The van der Waals surface area contributed by atoms with Gasteiger partial charge < -0.3 is 4.57 Å². The summed E-state index contributed by atoms with van der Waals surface area (Å²) in [5, 5.41) is 0. The van der Waals surface area contributed by atoms with Crippen LogP contribution < -0.4 is 0 Å². The molecule has 4 rings (SSSR count). The Morgan fingerprint density at radius 1 is 0.880 bits per heavy atom. The molecule has 0 fully saturated rings. The van der Waals surface area contributed by atoms with Crippen LogP contribution in [-0.4, -0.2) is 16.0 Å². The van der Waals surface area contributed by atoms with E-state index in [9.17, 15) is 8.78 Å². The Labute approximate surface area is 146 Å². The van der Waals surface area contributed by atoms with Gasteiger partial charge in [-0.05, 0) is 41.8 Å². The summed E-state index contributed by atoms with van der Waals surface area (Å²) in [7, 11) is 0. The van der Waals surface area contributed by atoms with Crippen LogP contribution in [0.25, 0.3) is 0 Å². The third kappa shape index (κ3) is 3.22. The fraction of sp³-hybridized carbons (Fsp3) is 0.238. The van der Waals surface area contributed by atoms with Gasteiger partial charge >= 0.3 is 0 Å². The van der Waals surface area contributed by atoms with Crippen molar-refractivity contribution < 1.29 is 8.78 Å². The van der Waals surface area contributed by atoms with Gasteiger partial charge in [0.1, 0.15) is 0 Å². The van der Waals surface area contributed by atoms with Crippen molar-refractivity contribution in [3.05, 3.63) is 95.3 Å². The number of aromatic nitrogens is 1. The van der Waals surface area contributed by atoms with Gasteiger partial charge in [0, 0.05) is 31.5 Å². The Balaban J connectivity index is 1.76. The number of halogens is 2. The largest absolute Gasteiger partial charge is 0.350 e. The number of hydrogen-bond acceptors (Lipinski definition) is 1. The van der Waals surface area contributed by atoms with Crippen molar-refractivity contribution >= 4 is 0 Å². The number of nitrogens with zero attached hydrogens (tertiary/aromatic N) is 2. The van der Waals surface area contributed by atoms with E-state index in [4.69, 9.17) is 0 Å². The van der Waals surface area contributed by atoms with Crippen molar-refractivity contribution in [1.82, 2.24) is 9.47 Å². The first-order chi connectivity index (χ1) is 12.2. The van der Waals surface area contributed by atoms with Crippen LogP contribution in [0.15, 0.2) is 66.9 Å². The Morgan fingerprint density at radius 3 is 2.52 bits per heavy atom. The molecule has 0 spiro atoms. The van der Waals surface area contributed by atoms with Crippen LogP contribution in [0.3, 0.4) is 0 Å². The average Bonchev–Trinajstić information content (AvgIpc) is 3.00. The summed E-state index contributed by atoms with van der Waals surface area (Å²) in [5.74, 6) is -1.60. The molecule has 25 heavy (non-hydrogen) atoms. The zero-order valence-electron chi connectivity index (χ0n) is 13.9. The maximum Gasteiger partial charge on any atom is 0.159 e. The molecule has 1 aliphatic heterocycles. The van der Waals surface area contributed by atoms with Crippen molar-refractivity contribution in [2.45, 2.75) is 25.6 Å². The number of aryl methyl sites for hydroxylation is 1. The van der Waals surface area contributed by atoms with Crippen LogP contribution in [0.1, 0.15) is 29.3 Å². The number of benzene rings is 2. The third-order valence-corrected chi connectivity index (χ3v) is 4.84. The molecule has 1 aliphatic rings. The fourth-order valence-electron chi connectivity index (χ4n) is 3.69. The van der Waals surface area contributed by atoms with Crippen molar-refractivity contribution in [3.8, 4) is 0 Å². The second-order valence-electron chi connectivity index (χ2n) is 6.51. The molecule has 2 aromatic carbocycles. The van der Waals surface area contributed by atoms with E-state index in [-0.39, 0.29) is 6.04 Å². The first-order valence-corrected chi connectivity index (χ1v) is 8.60. The molecule has 1 aromatic heterocycles. The summed E-state index contributed by atoms with van der Waals surface area (Å²) >= 11 is 0. The molecule has 0 bridgehead atoms. The van der Waals surface area contributed by atoms with Crippen molar-refractivity contribution in [1.29, 1.82) is 0 Å². The van der Waals surface area contributed by atoms with Crippen molar-refractivity contribution in [2.24, 2.45) is 0 Å². The minimum Gasteiger partial charge on any atom is -0.350 e. The number of rotatable bonds is 3. The van der Waals surface area contributed by atoms with Crippen molar-refractivity contribution in [2.75, 3.05) is 6.54 Å². The highest BCUT2D eigenvalue weighted by Crippen LogP contribution is 2.33. The molecule has 0 radical (unpaired) electrons. The van der Waals surface area contributed by atoms with Crippen LogP contribution >= 0.6 is 0 Å². The van der Waals surface area contributed by atoms with Crippen LogP contribution in [0.5, 0.6) is 0 Å².